The van der Waals surface area contributed by atoms with Crippen molar-refractivity contribution in [2.45, 2.75) is 36.5 Å². The summed E-state index contributed by atoms with van der Waals surface area (Å²) in [5.74, 6) is 0. The molecule has 0 bridgehead atoms. The summed E-state index contributed by atoms with van der Waals surface area (Å²) in [7, 11) is -4.30. The average molecular weight is 344 g/mol. The molecule has 0 saturated heterocycles. The summed E-state index contributed by atoms with van der Waals surface area (Å²) in [4.78, 5) is -0.326. The van der Waals surface area contributed by atoms with Crippen LogP contribution in [0, 0.1) is 0 Å². The van der Waals surface area contributed by atoms with Gasteiger partial charge in [-0.15, -0.1) is 0 Å². The summed E-state index contributed by atoms with van der Waals surface area (Å²) in [6.07, 6.45) is -7.18. The Morgan fingerprint density at radius 2 is 1.95 bits per heavy atom. The predicted octanol–water partition coefficient (Wildman–Crippen LogP) is 1.81. The van der Waals surface area contributed by atoms with Crippen molar-refractivity contribution < 1.29 is 30.4 Å². The molecule has 2 rings (SSSR count). The first-order valence-electron chi connectivity index (χ1n) is 6.28. The minimum absolute atomic E-state index is 0.0311. The molecule has 22 heavy (non-hydrogen) atoms. The van der Waals surface area contributed by atoms with Gasteiger partial charge in [-0.25, -0.2) is 21.9 Å². The lowest BCUT2D eigenvalue weighted by Gasteiger charge is -2.26. The molecule has 0 saturated carbocycles. The highest BCUT2D eigenvalue weighted by Crippen LogP contribution is 2.23. The quantitative estimate of drug-likeness (QED) is 0.819. The number of fused-ring (bicyclic) bond motifs is 1. The van der Waals surface area contributed by atoms with Gasteiger partial charge in [0.05, 0.1) is 10.9 Å². The van der Waals surface area contributed by atoms with Crippen molar-refractivity contribution in [3.05, 3.63) is 29.3 Å². The van der Waals surface area contributed by atoms with Crippen LogP contribution in [0.5, 0.6) is 0 Å². The molecular weight excluding hydrogens is 331 g/mol. The third kappa shape index (κ3) is 4.14. The van der Waals surface area contributed by atoms with Gasteiger partial charge in [0.2, 0.25) is 10.0 Å². The second-order valence-corrected chi connectivity index (χ2v) is 6.66. The van der Waals surface area contributed by atoms with Gasteiger partial charge in [0.25, 0.3) is 6.43 Å². The molecule has 1 aliphatic rings. The van der Waals surface area contributed by atoms with Gasteiger partial charge in [0.1, 0.15) is 6.54 Å². The molecule has 2 N–H and O–H groups in total. The van der Waals surface area contributed by atoms with E-state index in [0.717, 1.165) is 6.07 Å². The van der Waals surface area contributed by atoms with Crippen molar-refractivity contribution >= 4 is 10.0 Å². The van der Waals surface area contributed by atoms with Gasteiger partial charge in [-0.2, -0.15) is 13.2 Å². The fourth-order valence-corrected chi connectivity index (χ4v) is 3.19. The number of hydrogen-bond donors (Lipinski definition) is 2. The largest absolute Gasteiger partial charge is 0.402 e. The SMILES string of the molecule is O=S(=O)(NCC(F)(F)F)c1ccc2c(c1)CNC(C(F)F)C2. The molecule has 0 spiro atoms. The number of nitrogens with one attached hydrogen (secondary N) is 2. The summed E-state index contributed by atoms with van der Waals surface area (Å²) in [5, 5.41) is 2.56. The first-order valence-corrected chi connectivity index (χ1v) is 7.76. The van der Waals surface area contributed by atoms with Crippen LogP contribution in [0.25, 0.3) is 0 Å². The minimum Gasteiger partial charge on any atom is -0.304 e. The molecule has 10 heteroatoms. The highest BCUT2D eigenvalue weighted by molar-refractivity contribution is 7.89. The topological polar surface area (TPSA) is 58.2 Å². The van der Waals surface area contributed by atoms with E-state index in [1.165, 1.54) is 16.9 Å². The van der Waals surface area contributed by atoms with Gasteiger partial charge in [0.15, 0.2) is 0 Å². The van der Waals surface area contributed by atoms with Crippen molar-refractivity contribution in [2.75, 3.05) is 6.54 Å². The highest BCUT2D eigenvalue weighted by atomic mass is 32.2. The number of halogens is 5. The zero-order valence-electron chi connectivity index (χ0n) is 11.1. The monoisotopic (exact) mass is 344 g/mol. The van der Waals surface area contributed by atoms with Crippen LogP contribution in [0.4, 0.5) is 22.0 Å². The van der Waals surface area contributed by atoms with Crippen LogP contribution in [0.1, 0.15) is 11.1 Å². The van der Waals surface area contributed by atoms with E-state index in [-0.39, 0.29) is 17.9 Å². The molecule has 1 aliphatic heterocycles. The van der Waals surface area contributed by atoms with E-state index in [1.54, 1.807) is 0 Å². The van der Waals surface area contributed by atoms with Crippen molar-refractivity contribution in [2.24, 2.45) is 0 Å². The Morgan fingerprint density at radius 1 is 1.27 bits per heavy atom. The molecule has 4 nitrogen and oxygen atoms in total. The summed E-state index contributed by atoms with van der Waals surface area (Å²) in [6, 6.07) is 2.65. The van der Waals surface area contributed by atoms with Crippen LogP contribution in [0.15, 0.2) is 23.1 Å². The molecule has 1 aromatic rings. The maximum absolute atomic E-state index is 12.6. The second-order valence-electron chi connectivity index (χ2n) is 4.90. The maximum Gasteiger partial charge on any atom is 0.402 e. The molecule has 1 heterocycles. The van der Waals surface area contributed by atoms with Gasteiger partial charge >= 0.3 is 6.18 Å². The summed E-state index contributed by atoms with van der Waals surface area (Å²) in [6.45, 7) is -1.63. The number of hydrogen-bond acceptors (Lipinski definition) is 3. The van der Waals surface area contributed by atoms with E-state index < -0.39 is 35.2 Å². The highest BCUT2D eigenvalue weighted by Gasteiger charge is 2.31. The Hall–Kier alpha value is -1.26. The van der Waals surface area contributed by atoms with Gasteiger partial charge < -0.3 is 5.32 Å². The molecule has 0 aromatic heterocycles. The standard InChI is InChI=1S/C12H13F5N2O2S/c13-11(14)10-4-7-1-2-9(3-8(7)5-18-10)22(20,21)19-6-12(15,16)17/h1-3,10-11,18-19H,4-6H2. The smallest absolute Gasteiger partial charge is 0.304 e. The Kier molecular flexibility index (Phi) is 4.73. The first-order chi connectivity index (χ1) is 10.1. The Morgan fingerprint density at radius 3 is 2.55 bits per heavy atom. The van der Waals surface area contributed by atoms with Crippen molar-refractivity contribution in [3.8, 4) is 0 Å². The lowest BCUT2D eigenvalue weighted by Crippen LogP contribution is -2.41. The minimum atomic E-state index is -4.66. The Balaban J connectivity index is 2.18. The van der Waals surface area contributed by atoms with Crippen LogP contribution < -0.4 is 10.0 Å². The van der Waals surface area contributed by atoms with Gasteiger partial charge in [0, 0.05) is 6.54 Å². The van der Waals surface area contributed by atoms with E-state index in [2.05, 4.69) is 5.32 Å². The first kappa shape index (κ1) is 17.1. The van der Waals surface area contributed by atoms with E-state index in [4.69, 9.17) is 0 Å². The summed E-state index contributed by atoms with van der Waals surface area (Å²) in [5.41, 5.74) is 1.03. The summed E-state index contributed by atoms with van der Waals surface area (Å²) < 4.78 is 86.5. The predicted molar refractivity (Wildman–Crippen MR) is 68.0 cm³/mol. The Labute approximate surface area is 123 Å². The third-order valence-electron chi connectivity index (χ3n) is 3.25. The van der Waals surface area contributed by atoms with E-state index in [1.807, 2.05) is 0 Å². The number of benzene rings is 1. The van der Waals surface area contributed by atoms with Crippen molar-refractivity contribution in [3.63, 3.8) is 0 Å². The molecule has 0 aliphatic carbocycles. The van der Waals surface area contributed by atoms with Crippen LogP contribution >= 0.6 is 0 Å². The van der Waals surface area contributed by atoms with Crippen LogP contribution in [0.2, 0.25) is 0 Å². The third-order valence-corrected chi connectivity index (χ3v) is 4.65. The van der Waals surface area contributed by atoms with E-state index in [0.29, 0.717) is 11.1 Å². The van der Waals surface area contributed by atoms with Crippen molar-refractivity contribution in [1.29, 1.82) is 0 Å². The number of sulfonamides is 1. The van der Waals surface area contributed by atoms with Gasteiger partial charge in [-0.05, 0) is 29.7 Å². The summed E-state index contributed by atoms with van der Waals surface area (Å²) >= 11 is 0. The van der Waals surface area contributed by atoms with Crippen LogP contribution in [0.3, 0.4) is 0 Å². The Bertz CT molecular complexity index is 645. The van der Waals surface area contributed by atoms with Crippen LogP contribution in [-0.4, -0.2) is 33.6 Å². The normalized spacial score (nSPS) is 19.3. The maximum atomic E-state index is 12.6. The number of alkyl halides is 5. The van der Waals surface area contributed by atoms with Gasteiger partial charge in [-0.3, -0.25) is 0 Å². The average Bonchev–Trinajstić information content (AvgIpc) is 2.43. The van der Waals surface area contributed by atoms with Gasteiger partial charge in [-0.1, -0.05) is 6.07 Å². The molecule has 0 fully saturated rings. The molecule has 1 unspecified atom stereocenters. The van der Waals surface area contributed by atoms with Crippen LogP contribution in [-0.2, 0) is 23.0 Å². The van der Waals surface area contributed by atoms with E-state index in [9.17, 15) is 30.4 Å². The van der Waals surface area contributed by atoms with Crippen molar-refractivity contribution in [1.82, 2.24) is 10.0 Å². The fourth-order valence-electron chi connectivity index (χ4n) is 2.12. The fraction of sp³-hybridized carbons (Fsp3) is 0.500. The lowest BCUT2D eigenvalue weighted by molar-refractivity contribution is -0.121. The zero-order chi connectivity index (χ0) is 16.5. The molecule has 0 radical (unpaired) electrons. The van der Waals surface area contributed by atoms with E-state index >= 15 is 0 Å². The molecule has 1 atom stereocenters. The second kappa shape index (κ2) is 6.09. The lowest BCUT2D eigenvalue weighted by atomic mass is 9.96. The molecular formula is C12H13F5N2O2S. The molecule has 0 amide bonds. The molecule has 124 valence electrons. The number of rotatable bonds is 4. The zero-order valence-corrected chi connectivity index (χ0v) is 11.9. The molecule has 1 aromatic carbocycles.